The minimum atomic E-state index is -0.401. The van der Waals surface area contributed by atoms with E-state index < -0.39 is 5.82 Å². The van der Waals surface area contributed by atoms with Gasteiger partial charge in [-0.1, -0.05) is 19.9 Å². The number of halogens is 1. The van der Waals surface area contributed by atoms with Gasteiger partial charge in [-0.15, -0.1) is 0 Å². The zero-order chi connectivity index (χ0) is 19.6. The quantitative estimate of drug-likeness (QED) is 0.820. The third-order valence-electron chi connectivity index (χ3n) is 4.47. The van der Waals surface area contributed by atoms with Crippen molar-refractivity contribution >= 4 is 17.8 Å². The molecule has 0 radical (unpaired) electrons. The first-order chi connectivity index (χ1) is 12.8. The lowest BCUT2D eigenvalue weighted by atomic mass is 10.2. The lowest BCUT2D eigenvalue weighted by Gasteiger charge is -2.35. The molecule has 0 aliphatic carbocycles. The van der Waals surface area contributed by atoms with Crippen molar-refractivity contribution in [2.24, 2.45) is 0 Å². The molecule has 1 saturated heterocycles. The second-order valence-corrected chi connectivity index (χ2v) is 7.13. The normalized spacial score (nSPS) is 14.6. The number of nitrogens with zero attached hydrogens (tertiary/aromatic N) is 6. The smallest absolute Gasteiger partial charge is 0.254 e. The van der Waals surface area contributed by atoms with Crippen LogP contribution in [0, 0.1) is 5.82 Å². The van der Waals surface area contributed by atoms with Crippen molar-refractivity contribution in [3.05, 3.63) is 41.5 Å². The van der Waals surface area contributed by atoms with Crippen LogP contribution in [0.4, 0.5) is 16.3 Å². The molecular formula is C19H25FN6O. The van der Waals surface area contributed by atoms with Crippen molar-refractivity contribution in [1.29, 1.82) is 0 Å². The van der Waals surface area contributed by atoms with Crippen molar-refractivity contribution in [2.45, 2.75) is 19.8 Å². The summed E-state index contributed by atoms with van der Waals surface area (Å²) in [5.41, 5.74) is 0.376. The molecule has 0 bridgehead atoms. The summed E-state index contributed by atoms with van der Waals surface area (Å²) < 4.78 is 13.4. The molecule has 1 aliphatic rings. The van der Waals surface area contributed by atoms with Crippen LogP contribution < -0.4 is 9.80 Å². The van der Waals surface area contributed by atoms with Crippen LogP contribution in [0.1, 0.15) is 35.9 Å². The number of hydrogen-bond acceptors (Lipinski definition) is 6. The lowest BCUT2D eigenvalue weighted by molar-refractivity contribution is 0.0745. The first-order valence-electron chi connectivity index (χ1n) is 9.08. The van der Waals surface area contributed by atoms with E-state index in [0.29, 0.717) is 43.6 Å². The molecule has 7 nitrogen and oxygen atoms in total. The molecule has 8 heteroatoms. The van der Waals surface area contributed by atoms with Crippen LogP contribution >= 0.6 is 0 Å². The molecular weight excluding hydrogens is 347 g/mol. The van der Waals surface area contributed by atoms with Crippen molar-refractivity contribution in [2.75, 3.05) is 50.1 Å². The summed E-state index contributed by atoms with van der Waals surface area (Å²) in [6, 6.07) is 5.81. The number of carbonyl (C=O) groups excluding carboxylic acids is 1. The van der Waals surface area contributed by atoms with Gasteiger partial charge in [-0.05, 0) is 18.2 Å². The summed E-state index contributed by atoms with van der Waals surface area (Å²) >= 11 is 0. The van der Waals surface area contributed by atoms with E-state index in [1.165, 1.54) is 12.1 Å². The van der Waals surface area contributed by atoms with Gasteiger partial charge in [0.05, 0.1) is 0 Å². The molecule has 1 aromatic carbocycles. The Hall–Kier alpha value is -2.77. The first kappa shape index (κ1) is 19.0. The molecule has 1 aliphatic heterocycles. The van der Waals surface area contributed by atoms with Gasteiger partial charge in [0.25, 0.3) is 5.91 Å². The number of carbonyl (C=O) groups is 1. The van der Waals surface area contributed by atoms with E-state index in [4.69, 9.17) is 0 Å². The highest BCUT2D eigenvalue weighted by Gasteiger charge is 2.25. The van der Waals surface area contributed by atoms with Gasteiger partial charge in [-0.25, -0.2) is 4.39 Å². The van der Waals surface area contributed by atoms with Gasteiger partial charge < -0.3 is 14.7 Å². The number of piperazine rings is 1. The SMILES string of the molecule is CC(C)c1nc(N(C)C)nc(N2CCN(C(=O)c3cccc(F)c3)CC2)n1. The lowest BCUT2D eigenvalue weighted by Crippen LogP contribution is -2.49. The molecule has 144 valence electrons. The molecule has 0 saturated carbocycles. The van der Waals surface area contributed by atoms with Crippen LogP contribution in [0.3, 0.4) is 0 Å². The largest absolute Gasteiger partial charge is 0.347 e. The van der Waals surface area contributed by atoms with E-state index in [2.05, 4.69) is 19.9 Å². The Morgan fingerprint density at radius 3 is 2.41 bits per heavy atom. The van der Waals surface area contributed by atoms with Gasteiger partial charge in [0.1, 0.15) is 11.6 Å². The second kappa shape index (κ2) is 7.85. The molecule has 2 heterocycles. The van der Waals surface area contributed by atoms with Crippen molar-refractivity contribution in [1.82, 2.24) is 19.9 Å². The Morgan fingerprint density at radius 1 is 1.11 bits per heavy atom. The van der Waals surface area contributed by atoms with Crippen LogP contribution in [0.5, 0.6) is 0 Å². The predicted octanol–water partition coefficient (Wildman–Crippen LogP) is 2.16. The maximum atomic E-state index is 13.4. The monoisotopic (exact) mass is 372 g/mol. The summed E-state index contributed by atoms with van der Waals surface area (Å²) in [4.78, 5) is 31.9. The number of rotatable bonds is 4. The van der Waals surface area contributed by atoms with Gasteiger partial charge in [0, 0.05) is 51.8 Å². The molecule has 1 fully saturated rings. The Bertz CT molecular complexity index is 791. The zero-order valence-corrected chi connectivity index (χ0v) is 16.2. The average Bonchev–Trinajstić information content (AvgIpc) is 2.67. The number of benzene rings is 1. The fraction of sp³-hybridized carbons (Fsp3) is 0.474. The maximum absolute atomic E-state index is 13.4. The number of anilines is 2. The van der Waals surface area contributed by atoms with Gasteiger partial charge in [-0.3, -0.25) is 4.79 Å². The molecule has 1 aromatic heterocycles. The van der Waals surface area contributed by atoms with E-state index in [1.807, 2.05) is 32.8 Å². The molecule has 0 atom stereocenters. The fourth-order valence-corrected chi connectivity index (χ4v) is 2.88. The topological polar surface area (TPSA) is 65.5 Å². The van der Waals surface area contributed by atoms with Gasteiger partial charge in [-0.2, -0.15) is 15.0 Å². The number of hydrogen-bond donors (Lipinski definition) is 0. The molecule has 0 unspecified atom stereocenters. The molecule has 1 amide bonds. The first-order valence-corrected chi connectivity index (χ1v) is 9.08. The summed E-state index contributed by atoms with van der Waals surface area (Å²) in [5.74, 6) is 1.66. The van der Waals surface area contributed by atoms with Crippen molar-refractivity contribution < 1.29 is 9.18 Å². The minimum absolute atomic E-state index is 0.151. The van der Waals surface area contributed by atoms with E-state index >= 15 is 0 Å². The van der Waals surface area contributed by atoms with E-state index in [1.54, 1.807) is 17.0 Å². The number of amides is 1. The van der Waals surface area contributed by atoms with E-state index in [9.17, 15) is 9.18 Å². The van der Waals surface area contributed by atoms with E-state index in [0.717, 1.165) is 5.82 Å². The summed E-state index contributed by atoms with van der Waals surface area (Å²) in [7, 11) is 3.80. The van der Waals surface area contributed by atoms with E-state index in [-0.39, 0.29) is 11.8 Å². The summed E-state index contributed by atoms with van der Waals surface area (Å²) in [5, 5.41) is 0. The molecule has 3 rings (SSSR count). The average molecular weight is 372 g/mol. The Labute approximate surface area is 158 Å². The number of aromatic nitrogens is 3. The summed E-state index contributed by atoms with van der Waals surface area (Å²) in [6.45, 7) is 6.41. The minimum Gasteiger partial charge on any atom is -0.347 e. The van der Waals surface area contributed by atoms with Crippen molar-refractivity contribution in [3.63, 3.8) is 0 Å². The highest BCUT2D eigenvalue weighted by atomic mass is 19.1. The Kier molecular flexibility index (Phi) is 5.53. The summed E-state index contributed by atoms with van der Waals surface area (Å²) in [6.07, 6.45) is 0. The van der Waals surface area contributed by atoms with Gasteiger partial charge >= 0.3 is 0 Å². The Morgan fingerprint density at radius 2 is 1.81 bits per heavy atom. The molecule has 2 aromatic rings. The van der Waals surface area contributed by atoms with Crippen LogP contribution in [0.2, 0.25) is 0 Å². The standard InChI is InChI=1S/C19H25FN6O/c1-13(2)16-21-18(24(3)4)23-19(22-16)26-10-8-25(9-11-26)17(27)14-6-5-7-15(20)12-14/h5-7,12-13H,8-11H2,1-4H3. The highest BCUT2D eigenvalue weighted by molar-refractivity contribution is 5.94. The molecule has 0 N–H and O–H groups in total. The van der Waals surface area contributed by atoms with Crippen molar-refractivity contribution in [3.8, 4) is 0 Å². The third kappa shape index (κ3) is 4.32. The van der Waals surface area contributed by atoms with Crippen LogP contribution in [-0.4, -0.2) is 66.0 Å². The fourth-order valence-electron chi connectivity index (χ4n) is 2.88. The van der Waals surface area contributed by atoms with Crippen LogP contribution in [-0.2, 0) is 0 Å². The molecule has 0 spiro atoms. The molecule has 27 heavy (non-hydrogen) atoms. The van der Waals surface area contributed by atoms with Gasteiger partial charge in [0.2, 0.25) is 11.9 Å². The zero-order valence-electron chi connectivity index (χ0n) is 16.2. The highest BCUT2D eigenvalue weighted by Crippen LogP contribution is 2.19. The second-order valence-electron chi connectivity index (χ2n) is 7.13. The predicted molar refractivity (Wildman–Crippen MR) is 103 cm³/mol. The third-order valence-corrected chi connectivity index (χ3v) is 4.47. The Balaban J connectivity index is 1.73. The van der Waals surface area contributed by atoms with Gasteiger partial charge in [0.15, 0.2) is 0 Å². The van der Waals surface area contributed by atoms with Crippen LogP contribution in [0.25, 0.3) is 0 Å². The maximum Gasteiger partial charge on any atom is 0.254 e. The van der Waals surface area contributed by atoms with Crippen LogP contribution in [0.15, 0.2) is 24.3 Å².